The Kier molecular flexibility index (Phi) is 2.14. The van der Waals surface area contributed by atoms with E-state index in [0.717, 1.165) is 5.56 Å². The Balaban J connectivity index is 2.53. The summed E-state index contributed by atoms with van der Waals surface area (Å²) in [5.41, 5.74) is 1.48. The summed E-state index contributed by atoms with van der Waals surface area (Å²) in [5, 5.41) is 6.11. The number of aromatic amines is 1. The smallest absolute Gasteiger partial charge is 0.223 e. The van der Waals surface area contributed by atoms with Gasteiger partial charge in [-0.05, 0) is 15.9 Å². The Morgan fingerprint density at radius 3 is 2.46 bits per heavy atom. The second-order valence-corrected chi connectivity index (χ2v) is 3.36. The zero-order valence-corrected chi connectivity index (χ0v) is 8.18. The summed E-state index contributed by atoms with van der Waals surface area (Å²) in [5.74, 6) is -0.446. The van der Waals surface area contributed by atoms with Crippen LogP contribution in [0.4, 0.5) is 4.39 Å². The van der Waals surface area contributed by atoms with Crippen LogP contribution in [0.5, 0.6) is 0 Å². The van der Waals surface area contributed by atoms with Gasteiger partial charge in [-0.1, -0.05) is 30.3 Å². The third-order valence-corrected chi connectivity index (χ3v) is 2.44. The molecule has 0 unspecified atom stereocenters. The van der Waals surface area contributed by atoms with E-state index in [1.807, 2.05) is 30.3 Å². The van der Waals surface area contributed by atoms with Crippen LogP contribution in [0, 0.1) is 5.95 Å². The van der Waals surface area contributed by atoms with Crippen molar-refractivity contribution in [3.8, 4) is 11.3 Å². The van der Waals surface area contributed by atoms with Gasteiger partial charge in [0.2, 0.25) is 5.95 Å². The summed E-state index contributed by atoms with van der Waals surface area (Å²) < 4.78 is 13.2. The van der Waals surface area contributed by atoms with Crippen LogP contribution in [-0.4, -0.2) is 10.2 Å². The fourth-order valence-electron chi connectivity index (χ4n) is 1.09. The van der Waals surface area contributed by atoms with Gasteiger partial charge in [0.15, 0.2) is 0 Å². The maximum atomic E-state index is 12.9. The lowest BCUT2D eigenvalue weighted by Gasteiger charge is -1.94. The van der Waals surface area contributed by atoms with Crippen LogP contribution in [0.1, 0.15) is 0 Å². The molecule has 13 heavy (non-hydrogen) atoms. The first kappa shape index (κ1) is 8.44. The lowest BCUT2D eigenvalue weighted by Crippen LogP contribution is -1.77. The van der Waals surface area contributed by atoms with Crippen molar-refractivity contribution in [3.05, 3.63) is 40.8 Å². The molecule has 0 spiro atoms. The Morgan fingerprint density at radius 1 is 1.23 bits per heavy atom. The van der Waals surface area contributed by atoms with Gasteiger partial charge in [0.1, 0.15) is 10.2 Å². The van der Waals surface area contributed by atoms with E-state index in [1.165, 1.54) is 0 Å². The summed E-state index contributed by atoms with van der Waals surface area (Å²) in [6.07, 6.45) is 0. The number of nitrogens with one attached hydrogen (secondary N) is 1. The topological polar surface area (TPSA) is 28.7 Å². The first-order valence-corrected chi connectivity index (χ1v) is 4.53. The highest BCUT2D eigenvalue weighted by molar-refractivity contribution is 9.10. The second kappa shape index (κ2) is 3.30. The van der Waals surface area contributed by atoms with Crippen molar-refractivity contribution in [2.75, 3.05) is 0 Å². The first-order valence-electron chi connectivity index (χ1n) is 3.74. The molecule has 0 radical (unpaired) electrons. The first-order chi connectivity index (χ1) is 6.29. The molecule has 1 aromatic carbocycles. The van der Waals surface area contributed by atoms with Gasteiger partial charge in [-0.25, -0.2) is 0 Å². The fraction of sp³-hybridized carbons (Fsp3) is 0. The van der Waals surface area contributed by atoms with Crippen molar-refractivity contribution in [2.45, 2.75) is 0 Å². The number of aromatic nitrogens is 2. The van der Waals surface area contributed by atoms with E-state index in [2.05, 4.69) is 26.1 Å². The molecule has 4 heteroatoms. The van der Waals surface area contributed by atoms with Crippen molar-refractivity contribution in [1.82, 2.24) is 10.2 Å². The largest absolute Gasteiger partial charge is 0.251 e. The average Bonchev–Trinajstić information content (AvgIpc) is 2.49. The predicted octanol–water partition coefficient (Wildman–Crippen LogP) is 2.98. The van der Waals surface area contributed by atoms with E-state index in [1.54, 1.807) is 0 Å². The number of halogens is 2. The maximum absolute atomic E-state index is 12.9. The molecule has 0 bridgehead atoms. The third kappa shape index (κ3) is 1.49. The van der Waals surface area contributed by atoms with E-state index in [0.29, 0.717) is 10.2 Å². The quantitative estimate of drug-likeness (QED) is 0.816. The molecule has 0 atom stereocenters. The lowest BCUT2D eigenvalue weighted by atomic mass is 10.2. The molecular weight excluding hydrogens is 235 g/mol. The van der Waals surface area contributed by atoms with Crippen LogP contribution < -0.4 is 0 Å². The zero-order valence-electron chi connectivity index (χ0n) is 6.59. The molecule has 2 aromatic rings. The van der Waals surface area contributed by atoms with Gasteiger partial charge in [-0.15, -0.1) is 0 Å². The number of hydrogen-bond donors (Lipinski definition) is 1. The van der Waals surface area contributed by atoms with Gasteiger partial charge >= 0.3 is 0 Å². The van der Waals surface area contributed by atoms with E-state index in [-0.39, 0.29) is 0 Å². The molecule has 0 aliphatic heterocycles. The number of H-pyrrole nitrogens is 1. The van der Waals surface area contributed by atoms with Gasteiger partial charge < -0.3 is 0 Å². The molecule has 0 aliphatic carbocycles. The van der Waals surface area contributed by atoms with Crippen LogP contribution >= 0.6 is 15.9 Å². The molecule has 2 rings (SSSR count). The Hall–Kier alpha value is -1.16. The van der Waals surface area contributed by atoms with Crippen molar-refractivity contribution < 1.29 is 4.39 Å². The van der Waals surface area contributed by atoms with Gasteiger partial charge in [0, 0.05) is 5.56 Å². The summed E-state index contributed by atoms with van der Waals surface area (Å²) in [6, 6.07) is 9.42. The standard InChI is InChI=1S/C9H6BrFN2/c10-7-8(12-13-9(7)11)6-4-2-1-3-5-6/h1-5H,(H,12,13). The van der Waals surface area contributed by atoms with E-state index < -0.39 is 5.95 Å². The molecule has 1 N–H and O–H groups in total. The van der Waals surface area contributed by atoms with E-state index in [9.17, 15) is 4.39 Å². The Labute approximate surface area is 82.9 Å². The van der Waals surface area contributed by atoms with E-state index in [4.69, 9.17) is 0 Å². The minimum absolute atomic E-state index is 0.374. The highest BCUT2D eigenvalue weighted by Gasteiger charge is 2.10. The summed E-state index contributed by atoms with van der Waals surface area (Å²) in [7, 11) is 0. The number of rotatable bonds is 1. The summed E-state index contributed by atoms with van der Waals surface area (Å²) in [6.45, 7) is 0. The normalized spacial score (nSPS) is 10.3. The number of hydrogen-bond acceptors (Lipinski definition) is 1. The molecule has 1 heterocycles. The Morgan fingerprint density at radius 2 is 1.92 bits per heavy atom. The van der Waals surface area contributed by atoms with Gasteiger partial charge in [0.05, 0.1) is 0 Å². The van der Waals surface area contributed by atoms with Crippen LogP contribution in [0.3, 0.4) is 0 Å². The second-order valence-electron chi connectivity index (χ2n) is 2.57. The van der Waals surface area contributed by atoms with Crippen LogP contribution in [-0.2, 0) is 0 Å². The molecule has 66 valence electrons. The van der Waals surface area contributed by atoms with E-state index >= 15 is 0 Å². The predicted molar refractivity (Wildman–Crippen MR) is 51.7 cm³/mol. The molecule has 1 aromatic heterocycles. The van der Waals surface area contributed by atoms with Crippen molar-refractivity contribution in [3.63, 3.8) is 0 Å². The van der Waals surface area contributed by atoms with Crippen LogP contribution in [0.15, 0.2) is 34.8 Å². The molecule has 2 nitrogen and oxygen atoms in total. The lowest BCUT2D eigenvalue weighted by molar-refractivity contribution is 0.574. The molecule has 0 saturated carbocycles. The van der Waals surface area contributed by atoms with Crippen molar-refractivity contribution in [1.29, 1.82) is 0 Å². The molecule has 0 aliphatic rings. The minimum Gasteiger partial charge on any atom is -0.251 e. The fourth-order valence-corrected chi connectivity index (χ4v) is 1.50. The third-order valence-electron chi connectivity index (χ3n) is 1.71. The van der Waals surface area contributed by atoms with Gasteiger partial charge in [-0.2, -0.15) is 9.49 Å². The van der Waals surface area contributed by atoms with Crippen LogP contribution in [0.2, 0.25) is 0 Å². The molecule has 0 saturated heterocycles. The Bertz CT molecular complexity index is 411. The highest BCUT2D eigenvalue weighted by Crippen LogP contribution is 2.27. The molecular formula is C9H6BrFN2. The minimum atomic E-state index is -0.446. The highest BCUT2D eigenvalue weighted by atomic mass is 79.9. The SMILES string of the molecule is Fc1[nH]nc(-c2ccccc2)c1Br. The number of benzene rings is 1. The van der Waals surface area contributed by atoms with Crippen LogP contribution in [0.25, 0.3) is 11.3 Å². The summed E-state index contributed by atoms with van der Waals surface area (Å²) in [4.78, 5) is 0. The average molecular weight is 241 g/mol. The molecule has 0 amide bonds. The maximum Gasteiger partial charge on any atom is 0.223 e. The van der Waals surface area contributed by atoms with Crippen molar-refractivity contribution in [2.24, 2.45) is 0 Å². The zero-order chi connectivity index (χ0) is 9.26. The monoisotopic (exact) mass is 240 g/mol. The molecule has 0 fully saturated rings. The van der Waals surface area contributed by atoms with Gasteiger partial charge in [-0.3, -0.25) is 5.10 Å². The van der Waals surface area contributed by atoms with Crippen molar-refractivity contribution >= 4 is 15.9 Å². The number of nitrogens with zero attached hydrogens (tertiary/aromatic N) is 1. The summed E-state index contributed by atoms with van der Waals surface area (Å²) >= 11 is 3.12. The van der Waals surface area contributed by atoms with Gasteiger partial charge in [0.25, 0.3) is 0 Å².